The van der Waals surface area contributed by atoms with Crippen LogP contribution in [0.5, 0.6) is 0 Å². The molecule has 3 rings (SSSR count). The molecule has 0 aromatic carbocycles. The molecule has 0 amide bonds. The predicted molar refractivity (Wildman–Crippen MR) is 71.9 cm³/mol. The van der Waals surface area contributed by atoms with Gasteiger partial charge in [-0.15, -0.1) is 12.6 Å². The summed E-state index contributed by atoms with van der Waals surface area (Å²) in [5.74, 6) is 0.329. The maximum atomic E-state index is 12.4. The number of nitrogens with zero attached hydrogens (tertiary/aromatic N) is 1. The van der Waals surface area contributed by atoms with E-state index in [2.05, 4.69) is 33.5 Å². The third-order valence-electron chi connectivity index (χ3n) is 2.96. The largest absolute Gasteiger partial charge is 0.447 e. The van der Waals surface area contributed by atoms with Gasteiger partial charge in [-0.05, 0) is 47.7 Å². The number of hydrogen-bond acceptors (Lipinski definition) is 4. The van der Waals surface area contributed by atoms with Crippen LogP contribution in [0.2, 0.25) is 0 Å². The standard InChI is InChI=1S/C12H10BrNO2S/c1-5-4-7-9(15)8(6-2-3-6)12(17)16-10(7)11(13)14-5/h4,6,17H,2-3H2,1H3. The van der Waals surface area contributed by atoms with Crippen LogP contribution >= 0.6 is 28.6 Å². The minimum Gasteiger partial charge on any atom is -0.447 e. The number of rotatable bonds is 1. The van der Waals surface area contributed by atoms with Gasteiger partial charge >= 0.3 is 0 Å². The Hall–Kier alpha value is -0.810. The van der Waals surface area contributed by atoms with E-state index in [1.165, 1.54) is 0 Å². The van der Waals surface area contributed by atoms with Crippen LogP contribution in [0.3, 0.4) is 0 Å². The third-order valence-corrected chi connectivity index (χ3v) is 3.83. The molecule has 0 atom stereocenters. The van der Waals surface area contributed by atoms with Crippen molar-refractivity contribution in [3.8, 4) is 0 Å². The van der Waals surface area contributed by atoms with Crippen molar-refractivity contribution < 1.29 is 4.42 Å². The number of pyridine rings is 1. The fraction of sp³-hybridized carbons (Fsp3) is 0.333. The Labute approximate surface area is 112 Å². The summed E-state index contributed by atoms with van der Waals surface area (Å²) in [5.41, 5.74) is 2.03. The molecule has 2 heterocycles. The molecule has 1 fully saturated rings. The highest BCUT2D eigenvalue weighted by Crippen LogP contribution is 2.42. The Morgan fingerprint density at radius 3 is 2.88 bits per heavy atom. The summed E-state index contributed by atoms with van der Waals surface area (Å²) >= 11 is 7.60. The van der Waals surface area contributed by atoms with Gasteiger partial charge < -0.3 is 4.42 Å². The lowest BCUT2D eigenvalue weighted by Gasteiger charge is -2.06. The molecule has 88 valence electrons. The van der Waals surface area contributed by atoms with E-state index >= 15 is 0 Å². The van der Waals surface area contributed by atoms with Crippen molar-refractivity contribution in [1.29, 1.82) is 0 Å². The topological polar surface area (TPSA) is 43.1 Å². The molecule has 2 aromatic rings. The molecule has 0 saturated heterocycles. The number of halogens is 1. The van der Waals surface area contributed by atoms with Gasteiger partial charge in [0.25, 0.3) is 0 Å². The first kappa shape index (κ1) is 11.3. The zero-order valence-electron chi connectivity index (χ0n) is 9.16. The van der Waals surface area contributed by atoms with Crippen LogP contribution < -0.4 is 5.43 Å². The first-order valence-corrected chi connectivity index (χ1v) is 6.64. The fourth-order valence-corrected chi connectivity index (χ4v) is 2.96. The number of thiol groups is 1. The van der Waals surface area contributed by atoms with Crippen molar-refractivity contribution in [2.45, 2.75) is 30.8 Å². The van der Waals surface area contributed by atoms with Crippen LogP contribution in [0, 0.1) is 6.92 Å². The average Bonchev–Trinajstić information content (AvgIpc) is 3.04. The lowest BCUT2D eigenvalue weighted by Crippen LogP contribution is -2.10. The first-order valence-electron chi connectivity index (χ1n) is 5.40. The molecular weight excluding hydrogens is 302 g/mol. The second-order valence-corrected chi connectivity index (χ2v) is 5.51. The first-order chi connectivity index (χ1) is 8.08. The molecule has 1 aliphatic rings. The summed E-state index contributed by atoms with van der Waals surface area (Å²) in [6.45, 7) is 1.86. The van der Waals surface area contributed by atoms with Crippen molar-refractivity contribution in [3.63, 3.8) is 0 Å². The number of aryl methyl sites for hydroxylation is 1. The van der Waals surface area contributed by atoms with E-state index in [0.29, 0.717) is 26.6 Å². The monoisotopic (exact) mass is 311 g/mol. The van der Waals surface area contributed by atoms with Gasteiger partial charge in [-0.2, -0.15) is 0 Å². The molecule has 0 spiro atoms. The van der Waals surface area contributed by atoms with E-state index < -0.39 is 0 Å². The molecule has 0 N–H and O–H groups in total. The Morgan fingerprint density at radius 2 is 2.24 bits per heavy atom. The molecule has 0 radical (unpaired) electrons. The molecule has 0 aliphatic heterocycles. The normalized spacial score (nSPS) is 15.5. The van der Waals surface area contributed by atoms with Gasteiger partial charge in [0.15, 0.2) is 16.1 Å². The Kier molecular flexibility index (Phi) is 2.56. The number of fused-ring (bicyclic) bond motifs is 1. The van der Waals surface area contributed by atoms with Gasteiger partial charge in [0.2, 0.25) is 0 Å². The summed E-state index contributed by atoms with van der Waals surface area (Å²) in [7, 11) is 0. The van der Waals surface area contributed by atoms with Crippen molar-refractivity contribution >= 4 is 39.5 Å². The highest BCUT2D eigenvalue weighted by molar-refractivity contribution is 9.10. The highest BCUT2D eigenvalue weighted by Gasteiger charge is 2.30. The summed E-state index contributed by atoms with van der Waals surface area (Å²) in [6.07, 6.45) is 2.10. The summed E-state index contributed by atoms with van der Waals surface area (Å²) in [6, 6.07) is 1.77. The number of hydrogen-bond donors (Lipinski definition) is 1. The quantitative estimate of drug-likeness (QED) is 0.648. The van der Waals surface area contributed by atoms with Crippen molar-refractivity contribution in [2.75, 3.05) is 0 Å². The lowest BCUT2D eigenvalue weighted by molar-refractivity contribution is 0.486. The SMILES string of the molecule is Cc1cc2c(=O)c(C3CC3)c(S)oc2c(Br)n1. The summed E-state index contributed by atoms with van der Waals surface area (Å²) in [4.78, 5) is 16.6. The molecule has 1 aliphatic carbocycles. The van der Waals surface area contributed by atoms with Crippen LogP contribution in [0.25, 0.3) is 11.0 Å². The number of aromatic nitrogens is 1. The molecule has 1 saturated carbocycles. The molecule has 0 unspecified atom stereocenters. The Morgan fingerprint density at radius 1 is 1.53 bits per heavy atom. The van der Waals surface area contributed by atoms with Crippen LogP contribution in [-0.4, -0.2) is 4.98 Å². The highest BCUT2D eigenvalue weighted by atomic mass is 79.9. The van der Waals surface area contributed by atoms with E-state index in [4.69, 9.17) is 4.42 Å². The Balaban J connectivity index is 2.44. The third kappa shape index (κ3) is 1.81. The molecule has 2 aromatic heterocycles. The predicted octanol–water partition coefficient (Wildman–Crippen LogP) is 3.43. The smallest absolute Gasteiger partial charge is 0.197 e. The van der Waals surface area contributed by atoms with Crippen molar-refractivity contribution in [2.24, 2.45) is 0 Å². The van der Waals surface area contributed by atoms with Gasteiger partial charge in [-0.1, -0.05) is 0 Å². The van der Waals surface area contributed by atoms with E-state index in [0.717, 1.165) is 24.1 Å². The zero-order chi connectivity index (χ0) is 12.2. The molecular formula is C12H10BrNO2S. The van der Waals surface area contributed by atoms with Crippen molar-refractivity contribution in [1.82, 2.24) is 4.98 Å². The van der Waals surface area contributed by atoms with Gasteiger partial charge in [-0.3, -0.25) is 4.79 Å². The van der Waals surface area contributed by atoms with E-state index in [9.17, 15) is 4.79 Å². The summed E-state index contributed by atoms with van der Waals surface area (Å²) in [5, 5.41) is 1.01. The van der Waals surface area contributed by atoms with Gasteiger partial charge in [-0.25, -0.2) is 4.98 Å². The lowest BCUT2D eigenvalue weighted by atomic mass is 10.1. The molecule has 0 bridgehead atoms. The van der Waals surface area contributed by atoms with Gasteiger partial charge in [0.05, 0.1) is 10.9 Å². The molecule has 5 heteroatoms. The van der Waals surface area contributed by atoms with Crippen LogP contribution in [0.15, 0.2) is 25.0 Å². The summed E-state index contributed by atoms with van der Waals surface area (Å²) < 4.78 is 6.17. The van der Waals surface area contributed by atoms with Crippen LogP contribution in [-0.2, 0) is 0 Å². The van der Waals surface area contributed by atoms with Crippen molar-refractivity contribution in [3.05, 3.63) is 32.2 Å². The fourth-order valence-electron chi connectivity index (χ4n) is 2.02. The van der Waals surface area contributed by atoms with E-state index in [1.807, 2.05) is 6.92 Å². The van der Waals surface area contributed by atoms with Crippen LogP contribution in [0.1, 0.15) is 30.0 Å². The minimum absolute atomic E-state index is 0.0324. The maximum absolute atomic E-state index is 12.4. The zero-order valence-corrected chi connectivity index (χ0v) is 11.6. The average molecular weight is 312 g/mol. The second kappa shape index (κ2) is 3.85. The molecule has 3 nitrogen and oxygen atoms in total. The minimum atomic E-state index is 0.0324. The van der Waals surface area contributed by atoms with E-state index in [-0.39, 0.29) is 5.43 Å². The van der Waals surface area contributed by atoms with Gasteiger partial charge in [0, 0.05) is 5.69 Å². The molecule has 17 heavy (non-hydrogen) atoms. The van der Waals surface area contributed by atoms with Crippen LogP contribution in [0.4, 0.5) is 0 Å². The van der Waals surface area contributed by atoms with E-state index in [1.54, 1.807) is 6.07 Å². The Bertz CT molecular complexity index is 676. The second-order valence-electron chi connectivity index (χ2n) is 4.36. The van der Waals surface area contributed by atoms with Gasteiger partial charge in [0.1, 0.15) is 4.60 Å². The maximum Gasteiger partial charge on any atom is 0.197 e.